The lowest BCUT2D eigenvalue weighted by Crippen LogP contribution is -2.42. The number of hydrogen-bond acceptors (Lipinski definition) is 3. The summed E-state index contributed by atoms with van der Waals surface area (Å²) in [4.78, 5) is 22.0. The lowest BCUT2D eigenvalue weighted by atomic mass is 10.2. The van der Waals surface area contributed by atoms with Gasteiger partial charge in [0.1, 0.15) is 6.61 Å². The minimum atomic E-state index is -5.00. The van der Waals surface area contributed by atoms with Gasteiger partial charge in [0.05, 0.1) is 6.42 Å². The third-order valence-corrected chi connectivity index (χ3v) is 2.25. The molecular weight excluding hydrogens is 275 g/mol. The van der Waals surface area contributed by atoms with Gasteiger partial charge in [-0.2, -0.15) is 13.2 Å². The van der Waals surface area contributed by atoms with E-state index in [0.717, 1.165) is 5.56 Å². The monoisotopic (exact) mass is 288 g/mol. The molecule has 0 aliphatic heterocycles. The molecule has 1 aromatic carbocycles. The quantitative estimate of drug-likeness (QED) is 0.843. The molecule has 0 fully saturated rings. The van der Waals surface area contributed by atoms with Crippen LogP contribution in [0.15, 0.2) is 30.3 Å². The number of esters is 1. The SMILES string of the molecule is [CH2][C@H](CC(=O)OCc1ccccc1)NC(=O)C(F)(F)F. The molecule has 7 heteroatoms. The van der Waals surface area contributed by atoms with E-state index in [0.29, 0.717) is 0 Å². The molecule has 0 bridgehead atoms. The second kappa shape index (κ2) is 6.93. The molecule has 0 spiro atoms. The summed E-state index contributed by atoms with van der Waals surface area (Å²) in [6.45, 7) is 3.27. The van der Waals surface area contributed by atoms with Crippen molar-refractivity contribution in [3.05, 3.63) is 42.8 Å². The van der Waals surface area contributed by atoms with Gasteiger partial charge in [-0.3, -0.25) is 9.59 Å². The average Bonchev–Trinajstić information content (AvgIpc) is 2.36. The number of hydrogen-bond donors (Lipinski definition) is 1. The Morgan fingerprint density at radius 1 is 1.25 bits per heavy atom. The van der Waals surface area contributed by atoms with E-state index in [-0.39, 0.29) is 6.61 Å². The summed E-state index contributed by atoms with van der Waals surface area (Å²) in [5.74, 6) is -2.87. The molecule has 1 aromatic rings. The maximum atomic E-state index is 12.0. The Labute approximate surface area is 113 Å². The zero-order valence-electron chi connectivity index (χ0n) is 10.4. The minimum absolute atomic E-state index is 0.0135. The predicted molar refractivity (Wildman–Crippen MR) is 64.2 cm³/mol. The second-order valence-electron chi connectivity index (χ2n) is 4.02. The van der Waals surface area contributed by atoms with Gasteiger partial charge >= 0.3 is 18.1 Å². The zero-order chi connectivity index (χ0) is 15.2. The Morgan fingerprint density at radius 3 is 2.40 bits per heavy atom. The Hall–Kier alpha value is -2.05. The van der Waals surface area contributed by atoms with Gasteiger partial charge in [-0.05, 0) is 12.5 Å². The van der Waals surface area contributed by atoms with Crippen LogP contribution in [0.4, 0.5) is 13.2 Å². The number of nitrogens with one attached hydrogen (secondary N) is 1. The molecule has 0 aliphatic rings. The first-order chi connectivity index (χ1) is 9.29. The summed E-state index contributed by atoms with van der Waals surface area (Å²) in [7, 11) is 0. The van der Waals surface area contributed by atoms with Gasteiger partial charge in [-0.15, -0.1) is 0 Å². The number of carbonyl (C=O) groups is 2. The number of amides is 1. The molecule has 0 unspecified atom stereocenters. The summed E-state index contributed by atoms with van der Waals surface area (Å²) in [5.41, 5.74) is 0.751. The van der Waals surface area contributed by atoms with Crippen LogP contribution in [0.2, 0.25) is 0 Å². The molecular formula is C13H13F3NO3. The molecule has 1 amide bonds. The van der Waals surface area contributed by atoms with Crippen LogP contribution < -0.4 is 5.32 Å². The molecule has 0 saturated heterocycles. The fraction of sp³-hybridized carbons (Fsp3) is 0.308. The first-order valence-corrected chi connectivity index (χ1v) is 5.69. The molecule has 20 heavy (non-hydrogen) atoms. The number of alkyl halides is 3. The van der Waals surface area contributed by atoms with Gasteiger partial charge in [0.15, 0.2) is 0 Å². The molecule has 4 nitrogen and oxygen atoms in total. The third-order valence-electron chi connectivity index (χ3n) is 2.25. The average molecular weight is 288 g/mol. The fourth-order valence-corrected chi connectivity index (χ4v) is 1.32. The topological polar surface area (TPSA) is 55.4 Å². The van der Waals surface area contributed by atoms with Crippen LogP contribution in [0.3, 0.4) is 0 Å². The summed E-state index contributed by atoms with van der Waals surface area (Å²) in [6.07, 6.45) is -5.43. The molecule has 0 saturated carbocycles. The molecule has 1 rings (SSSR count). The van der Waals surface area contributed by atoms with Gasteiger partial charge in [0, 0.05) is 6.04 Å². The standard InChI is InChI=1S/C13H13F3NO3/c1-9(17-12(19)13(14,15)16)7-11(18)20-8-10-5-3-2-4-6-10/h2-6,9H,1,7-8H2,(H,17,19)/t9-/m1/s1. The number of ether oxygens (including phenoxy) is 1. The maximum absolute atomic E-state index is 12.0. The van der Waals surface area contributed by atoms with Crippen LogP contribution in [-0.4, -0.2) is 24.1 Å². The molecule has 1 atom stereocenters. The largest absolute Gasteiger partial charge is 0.471 e. The molecule has 0 aromatic heterocycles. The van der Waals surface area contributed by atoms with Crippen molar-refractivity contribution in [2.75, 3.05) is 0 Å². The Kier molecular flexibility index (Phi) is 5.54. The van der Waals surface area contributed by atoms with E-state index in [1.165, 1.54) is 0 Å². The van der Waals surface area contributed by atoms with E-state index in [2.05, 4.69) is 6.92 Å². The Balaban J connectivity index is 2.33. The van der Waals surface area contributed by atoms with Crippen LogP contribution in [0, 0.1) is 6.92 Å². The molecule has 0 aliphatic carbocycles. The van der Waals surface area contributed by atoms with E-state index >= 15 is 0 Å². The lowest BCUT2D eigenvalue weighted by molar-refractivity contribution is -0.174. The maximum Gasteiger partial charge on any atom is 0.471 e. The highest BCUT2D eigenvalue weighted by molar-refractivity contribution is 5.82. The van der Waals surface area contributed by atoms with Gasteiger partial charge in [0.25, 0.3) is 0 Å². The highest BCUT2D eigenvalue weighted by atomic mass is 19.4. The van der Waals surface area contributed by atoms with Crippen LogP contribution in [0.25, 0.3) is 0 Å². The molecule has 109 valence electrons. The highest BCUT2D eigenvalue weighted by Gasteiger charge is 2.39. The van der Waals surface area contributed by atoms with Gasteiger partial charge in [0.2, 0.25) is 0 Å². The summed E-state index contributed by atoms with van der Waals surface area (Å²) < 4.78 is 40.7. The fourth-order valence-electron chi connectivity index (χ4n) is 1.32. The first kappa shape index (κ1) is 16.0. The van der Waals surface area contributed by atoms with Crippen LogP contribution in [0.1, 0.15) is 12.0 Å². The van der Waals surface area contributed by atoms with Gasteiger partial charge in [-0.25, -0.2) is 0 Å². The van der Waals surface area contributed by atoms with E-state index < -0.39 is 30.5 Å². The highest BCUT2D eigenvalue weighted by Crippen LogP contribution is 2.14. The van der Waals surface area contributed by atoms with Crippen LogP contribution >= 0.6 is 0 Å². The van der Waals surface area contributed by atoms with Crippen molar-refractivity contribution in [2.24, 2.45) is 0 Å². The smallest absolute Gasteiger partial charge is 0.461 e. The summed E-state index contributed by atoms with van der Waals surface area (Å²) >= 11 is 0. The summed E-state index contributed by atoms with van der Waals surface area (Å²) in [5, 5.41) is 1.57. The van der Waals surface area contributed by atoms with Gasteiger partial charge in [-0.1, -0.05) is 30.3 Å². The molecule has 0 heterocycles. The van der Waals surface area contributed by atoms with E-state index in [1.807, 2.05) is 0 Å². The number of rotatable bonds is 5. The first-order valence-electron chi connectivity index (χ1n) is 5.69. The number of carbonyl (C=O) groups excluding carboxylic acids is 2. The number of halogens is 3. The van der Waals surface area contributed by atoms with Crippen molar-refractivity contribution in [1.82, 2.24) is 5.32 Å². The normalized spacial score (nSPS) is 12.6. The summed E-state index contributed by atoms with van der Waals surface area (Å²) in [6, 6.07) is 7.59. The number of benzene rings is 1. The van der Waals surface area contributed by atoms with Crippen molar-refractivity contribution in [3.8, 4) is 0 Å². The van der Waals surface area contributed by atoms with Crippen LogP contribution in [0.5, 0.6) is 0 Å². The Morgan fingerprint density at radius 2 is 1.85 bits per heavy atom. The van der Waals surface area contributed by atoms with Crippen molar-refractivity contribution >= 4 is 11.9 Å². The second-order valence-corrected chi connectivity index (χ2v) is 4.02. The van der Waals surface area contributed by atoms with Crippen molar-refractivity contribution in [2.45, 2.75) is 25.2 Å². The molecule has 1 N–H and O–H groups in total. The van der Waals surface area contributed by atoms with E-state index in [9.17, 15) is 22.8 Å². The predicted octanol–water partition coefficient (Wildman–Crippen LogP) is 2.00. The Bertz CT molecular complexity index is 460. The van der Waals surface area contributed by atoms with E-state index in [4.69, 9.17) is 4.74 Å². The molecule has 1 radical (unpaired) electrons. The van der Waals surface area contributed by atoms with Crippen molar-refractivity contribution in [3.63, 3.8) is 0 Å². The van der Waals surface area contributed by atoms with Crippen molar-refractivity contribution in [1.29, 1.82) is 0 Å². The van der Waals surface area contributed by atoms with Gasteiger partial charge < -0.3 is 10.1 Å². The van der Waals surface area contributed by atoms with Crippen LogP contribution in [-0.2, 0) is 20.9 Å². The lowest BCUT2D eigenvalue weighted by Gasteiger charge is -2.14. The third kappa shape index (κ3) is 5.73. The van der Waals surface area contributed by atoms with Crippen molar-refractivity contribution < 1.29 is 27.5 Å². The van der Waals surface area contributed by atoms with E-state index in [1.54, 1.807) is 35.6 Å². The zero-order valence-corrected chi connectivity index (χ0v) is 10.4. The minimum Gasteiger partial charge on any atom is -0.461 e.